The van der Waals surface area contributed by atoms with E-state index in [1.54, 1.807) is 7.11 Å². The Balaban J connectivity index is 2.38. The molecule has 0 amide bonds. The minimum Gasteiger partial charge on any atom is -0.496 e. The molecule has 0 spiro atoms. The summed E-state index contributed by atoms with van der Waals surface area (Å²) in [6, 6.07) is 4.67. The molecule has 1 aromatic carbocycles. The van der Waals surface area contributed by atoms with Gasteiger partial charge in [0.05, 0.1) is 7.11 Å². The number of hydrogen-bond acceptors (Lipinski definition) is 3. The van der Waals surface area contributed by atoms with Crippen LogP contribution in [-0.2, 0) is 6.42 Å². The average Bonchev–Trinajstić information content (AvgIpc) is 2.36. The molecule has 3 nitrogen and oxygen atoms in total. The van der Waals surface area contributed by atoms with Crippen molar-refractivity contribution >= 4 is 0 Å². The summed E-state index contributed by atoms with van der Waals surface area (Å²) in [6.45, 7) is 8.34. The number of aryl methyl sites for hydroxylation is 2. The van der Waals surface area contributed by atoms with Crippen molar-refractivity contribution in [2.24, 2.45) is 5.73 Å². The number of ether oxygens (including phenoxy) is 1. The highest BCUT2D eigenvalue weighted by Crippen LogP contribution is 2.23. The molecule has 0 aliphatic rings. The fraction of sp³-hybridized carbons (Fsp3) is 0.625. The molecule has 3 heteroatoms. The molecule has 0 heterocycles. The van der Waals surface area contributed by atoms with E-state index >= 15 is 0 Å². The van der Waals surface area contributed by atoms with Crippen molar-refractivity contribution in [3.05, 3.63) is 28.8 Å². The SMILES string of the molecule is COc1cc(C)c(C)cc1CCNCCCC(C)N. The predicted octanol–water partition coefficient (Wildman–Crippen LogP) is 2.57. The van der Waals surface area contributed by atoms with Gasteiger partial charge in [0.1, 0.15) is 5.75 Å². The molecule has 108 valence electrons. The van der Waals surface area contributed by atoms with Crippen LogP contribution in [0.4, 0.5) is 0 Å². The molecule has 0 bridgehead atoms. The van der Waals surface area contributed by atoms with Crippen molar-refractivity contribution in [3.63, 3.8) is 0 Å². The molecular formula is C16H28N2O. The molecule has 1 aromatic rings. The first-order chi connectivity index (χ1) is 9.04. The third-order valence-corrected chi connectivity index (χ3v) is 3.48. The van der Waals surface area contributed by atoms with Crippen LogP contribution in [0.1, 0.15) is 36.5 Å². The number of nitrogens with one attached hydrogen (secondary N) is 1. The Kier molecular flexibility index (Phi) is 6.89. The smallest absolute Gasteiger partial charge is 0.122 e. The summed E-state index contributed by atoms with van der Waals surface area (Å²) in [4.78, 5) is 0. The van der Waals surface area contributed by atoms with Crippen LogP contribution in [0, 0.1) is 13.8 Å². The third kappa shape index (κ3) is 5.62. The molecule has 3 N–H and O–H groups in total. The molecule has 0 radical (unpaired) electrons. The summed E-state index contributed by atoms with van der Waals surface area (Å²) in [6.07, 6.45) is 3.23. The normalized spacial score (nSPS) is 12.5. The van der Waals surface area contributed by atoms with Gasteiger partial charge in [0, 0.05) is 6.04 Å². The fourth-order valence-electron chi connectivity index (χ4n) is 2.13. The van der Waals surface area contributed by atoms with Gasteiger partial charge in [-0.15, -0.1) is 0 Å². The van der Waals surface area contributed by atoms with Gasteiger partial charge >= 0.3 is 0 Å². The van der Waals surface area contributed by atoms with Gasteiger partial charge in [0.25, 0.3) is 0 Å². The first kappa shape index (κ1) is 16.0. The Hall–Kier alpha value is -1.06. The number of hydrogen-bond donors (Lipinski definition) is 2. The molecule has 1 rings (SSSR count). The minimum atomic E-state index is 0.307. The second-order valence-corrected chi connectivity index (χ2v) is 5.37. The second kappa shape index (κ2) is 8.18. The van der Waals surface area contributed by atoms with E-state index in [-0.39, 0.29) is 0 Å². The highest BCUT2D eigenvalue weighted by atomic mass is 16.5. The van der Waals surface area contributed by atoms with Crippen LogP contribution in [0.15, 0.2) is 12.1 Å². The lowest BCUT2D eigenvalue weighted by molar-refractivity contribution is 0.408. The minimum absolute atomic E-state index is 0.307. The largest absolute Gasteiger partial charge is 0.496 e. The Labute approximate surface area is 117 Å². The summed E-state index contributed by atoms with van der Waals surface area (Å²) in [5.41, 5.74) is 9.61. The van der Waals surface area contributed by atoms with Gasteiger partial charge in [0.2, 0.25) is 0 Å². The van der Waals surface area contributed by atoms with Crippen LogP contribution >= 0.6 is 0 Å². The van der Waals surface area contributed by atoms with Gasteiger partial charge in [-0.2, -0.15) is 0 Å². The zero-order valence-electron chi connectivity index (χ0n) is 12.8. The molecule has 1 unspecified atom stereocenters. The van der Waals surface area contributed by atoms with E-state index in [2.05, 4.69) is 38.2 Å². The topological polar surface area (TPSA) is 47.3 Å². The maximum Gasteiger partial charge on any atom is 0.122 e. The highest BCUT2D eigenvalue weighted by molar-refractivity contribution is 5.41. The summed E-state index contributed by atoms with van der Waals surface area (Å²) >= 11 is 0. The maximum absolute atomic E-state index is 5.72. The Morgan fingerprint density at radius 3 is 2.53 bits per heavy atom. The number of benzene rings is 1. The lowest BCUT2D eigenvalue weighted by Gasteiger charge is -2.12. The third-order valence-electron chi connectivity index (χ3n) is 3.48. The number of rotatable bonds is 8. The van der Waals surface area contributed by atoms with Gasteiger partial charge in [-0.05, 0) is 75.9 Å². The van der Waals surface area contributed by atoms with Gasteiger partial charge in [0.15, 0.2) is 0 Å². The maximum atomic E-state index is 5.72. The Bertz CT molecular complexity index is 389. The predicted molar refractivity (Wildman–Crippen MR) is 81.9 cm³/mol. The summed E-state index contributed by atoms with van der Waals surface area (Å²) in [5.74, 6) is 1.00. The van der Waals surface area contributed by atoms with E-state index in [0.717, 1.165) is 38.1 Å². The Morgan fingerprint density at radius 1 is 1.21 bits per heavy atom. The molecule has 0 aliphatic heterocycles. The first-order valence-electron chi connectivity index (χ1n) is 7.15. The second-order valence-electron chi connectivity index (χ2n) is 5.37. The zero-order chi connectivity index (χ0) is 14.3. The highest BCUT2D eigenvalue weighted by Gasteiger charge is 2.05. The first-order valence-corrected chi connectivity index (χ1v) is 7.15. The van der Waals surface area contributed by atoms with Gasteiger partial charge in [-0.1, -0.05) is 6.07 Å². The van der Waals surface area contributed by atoms with E-state index in [0.29, 0.717) is 6.04 Å². The molecule has 0 aromatic heterocycles. The van der Waals surface area contributed by atoms with E-state index in [1.807, 2.05) is 0 Å². The lowest BCUT2D eigenvalue weighted by Crippen LogP contribution is -2.22. The monoisotopic (exact) mass is 264 g/mol. The van der Waals surface area contributed by atoms with Crippen LogP contribution in [-0.4, -0.2) is 26.2 Å². The summed E-state index contributed by atoms with van der Waals surface area (Å²) in [5, 5.41) is 3.46. The van der Waals surface area contributed by atoms with E-state index in [1.165, 1.54) is 16.7 Å². The molecule has 0 saturated carbocycles. The van der Waals surface area contributed by atoms with Crippen LogP contribution < -0.4 is 15.8 Å². The summed E-state index contributed by atoms with van der Waals surface area (Å²) < 4.78 is 5.45. The van der Waals surface area contributed by atoms with Crippen LogP contribution in [0.25, 0.3) is 0 Å². The lowest BCUT2D eigenvalue weighted by atomic mass is 10.0. The van der Waals surface area contributed by atoms with E-state index in [4.69, 9.17) is 10.5 Å². The van der Waals surface area contributed by atoms with Crippen molar-refractivity contribution in [1.82, 2.24) is 5.32 Å². The molecule has 0 fully saturated rings. The Morgan fingerprint density at radius 2 is 1.89 bits per heavy atom. The van der Waals surface area contributed by atoms with Crippen molar-refractivity contribution in [3.8, 4) is 5.75 Å². The van der Waals surface area contributed by atoms with E-state index in [9.17, 15) is 0 Å². The van der Waals surface area contributed by atoms with Gasteiger partial charge < -0.3 is 15.8 Å². The van der Waals surface area contributed by atoms with Crippen molar-refractivity contribution in [2.45, 2.75) is 46.1 Å². The van der Waals surface area contributed by atoms with Gasteiger partial charge in [-0.25, -0.2) is 0 Å². The number of nitrogens with two attached hydrogens (primary N) is 1. The molecule has 19 heavy (non-hydrogen) atoms. The van der Waals surface area contributed by atoms with Crippen LogP contribution in [0.3, 0.4) is 0 Å². The summed E-state index contributed by atoms with van der Waals surface area (Å²) in [7, 11) is 1.74. The van der Waals surface area contributed by atoms with Gasteiger partial charge in [-0.3, -0.25) is 0 Å². The fourth-order valence-corrected chi connectivity index (χ4v) is 2.13. The van der Waals surface area contributed by atoms with Crippen LogP contribution in [0.2, 0.25) is 0 Å². The van der Waals surface area contributed by atoms with Crippen molar-refractivity contribution < 1.29 is 4.74 Å². The zero-order valence-corrected chi connectivity index (χ0v) is 12.8. The van der Waals surface area contributed by atoms with E-state index < -0.39 is 0 Å². The van der Waals surface area contributed by atoms with Crippen molar-refractivity contribution in [2.75, 3.05) is 20.2 Å². The molecule has 0 aliphatic carbocycles. The van der Waals surface area contributed by atoms with Crippen molar-refractivity contribution in [1.29, 1.82) is 0 Å². The number of methoxy groups -OCH3 is 1. The molecule has 1 atom stereocenters. The van der Waals surface area contributed by atoms with Crippen LogP contribution in [0.5, 0.6) is 5.75 Å². The quantitative estimate of drug-likeness (QED) is 0.709. The average molecular weight is 264 g/mol. The molecular weight excluding hydrogens is 236 g/mol. The molecule has 0 saturated heterocycles. The standard InChI is InChI=1S/C16H28N2O/c1-12-10-15(16(19-4)11-13(12)2)7-9-18-8-5-6-14(3)17/h10-11,14,18H,5-9,17H2,1-4H3.